The summed E-state index contributed by atoms with van der Waals surface area (Å²) >= 11 is 1.64. The maximum absolute atomic E-state index is 12.1. The Kier molecular flexibility index (Phi) is 6.87. The summed E-state index contributed by atoms with van der Waals surface area (Å²) in [4.78, 5) is 12.1. The van der Waals surface area contributed by atoms with E-state index in [9.17, 15) is 4.79 Å². The van der Waals surface area contributed by atoms with Gasteiger partial charge in [-0.15, -0.1) is 10.2 Å². The number of rotatable bonds is 8. The van der Waals surface area contributed by atoms with Gasteiger partial charge in [-0.3, -0.25) is 9.36 Å². The van der Waals surface area contributed by atoms with Crippen molar-refractivity contribution in [3.63, 3.8) is 0 Å². The molecule has 1 amide bonds. The van der Waals surface area contributed by atoms with Gasteiger partial charge in [0, 0.05) is 17.9 Å². The average Bonchev–Trinajstić information content (AvgIpc) is 3.08. The average molecular weight is 395 g/mol. The SMILES string of the molecule is Cc1ccc(-n2c(CNC(=O)CC(C)C)nnc2SCc2ccccc2)cc1. The third kappa shape index (κ3) is 5.45. The molecule has 0 saturated carbocycles. The smallest absolute Gasteiger partial charge is 0.220 e. The van der Waals surface area contributed by atoms with Crippen LogP contribution >= 0.6 is 11.8 Å². The van der Waals surface area contributed by atoms with Crippen LogP contribution in [0.15, 0.2) is 59.8 Å². The zero-order valence-corrected chi connectivity index (χ0v) is 17.4. The number of nitrogens with one attached hydrogen (secondary N) is 1. The minimum absolute atomic E-state index is 0.0342. The molecular weight excluding hydrogens is 368 g/mol. The predicted molar refractivity (Wildman–Crippen MR) is 113 cm³/mol. The first kappa shape index (κ1) is 20.1. The van der Waals surface area contributed by atoms with Gasteiger partial charge in [-0.1, -0.05) is 73.6 Å². The van der Waals surface area contributed by atoms with Crippen molar-refractivity contribution in [3.05, 3.63) is 71.5 Å². The Hall–Kier alpha value is -2.60. The van der Waals surface area contributed by atoms with Crippen molar-refractivity contribution in [1.82, 2.24) is 20.1 Å². The molecule has 0 radical (unpaired) electrons. The summed E-state index contributed by atoms with van der Waals surface area (Å²) in [5.74, 6) is 1.90. The van der Waals surface area contributed by atoms with Gasteiger partial charge in [-0.05, 0) is 30.5 Å². The van der Waals surface area contributed by atoms with E-state index in [4.69, 9.17) is 0 Å². The van der Waals surface area contributed by atoms with Gasteiger partial charge >= 0.3 is 0 Å². The highest BCUT2D eigenvalue weighted by Crippen LogP contribution is 2.25. The van der Waals surface area contributed by atoms with E-state index in [1.54, 1.807) is 11.8 Å². The lowest BCUT2D eigenvalue weighted by molar-refractivity contribution is -0.122. The second-order valence-electron chi connectivity index (χ2n) is 7.22. The topological polar surface area (TPSA) is 59.8 Å². The molecule has 2 aromatic carbocycles. The van der Waals surface area contributed by atoms with Gasteiger partial charge in [-0.2, -0.15) is 0 Å². The van der Waals surface area contributed by atoms with Crippen molar-refractivity contribution >= 4 is 17.7 Å². The van der Waals surface area contributed by atoms with E-state index in [1.165, 1.54) is 11.1 Å². The largest absolute Gasteiger partial charge is 0.349 e. The van der Waals surface area contributed by atoms with Gasteiger partial charge in [0.25, 0.3) is 0 Å². The zero-order chi connectivity index (χ0) is 19.9. The first-order valence-corrected chi connectivity index (χ1v) is 10.5. The summed E-state index contributed by atoms with van der Waals surface area (Å²) in [7, 11) is 0. The molecule has 1 N–H and O–H groups in total. The maximum Gasteiger partial charge on any atom is 0.220 e. The first-order chi connectivity index (χ1) is 13.5. The van der Waals surface area contributed by atoms with Crippen LogP contribution in [0, 0.1) is 12.8 Å². The summed E-state index contributed by atoms with van der Waals surface area (Å²) < 4.78 is 2.03. The Labute approximate surface area is 170 Å². The van der Waals surface area contributed by atoms with Crippen LogP contribution in [0.3, 0.4) is 0 Å². The molecular formula is C22H26N4OS. The molecule has 0 unspecified atom stereocenters. The van der Waals surface area contributed by atoms with E-state index >= 15 is 0 Å². The number of nitrogens with zero attached hydrogens (tertiary/aromatic N) is 3. The molecule has 0 spiro atoms. The van der Waals surface area contributed by atoms with Gasteiger partial charge in [0.2, 0.25) is 5.91 Å². The third-order valence-electron chi connectivity index (χ3n) is 4.24. The fourth-order valence-electron chi connectivity index (χ4n) is 2.80. The number of carbonyl (C=O) groups is 1. The number of aryl methyl sites for hydroxylation is 1. The molecule has 3 aromatic rings. The van der Waals surface area contributed by atoms with Crippen molar-refractivity contribution in [3.8, 4) is 5.69 Å². The Morgan fingerprint density at radius 1 is 1.07 bits per heavy atom. The van der Waals surface area contributed by atoms with E-state index in [0.717, 1.165) is 22.4 Å². The van der Waals surface area contributed by atoms with Crippen molar-refractivity contribution in [2.24, 2.45) is 5.92 Å². The number of hydrogen-bond donors (Lipinski definition) is 1. The molecule has 0 saturated heterocycles. The molecule has 3 rings (SSSR count). The number of amides is 1. The Morgan fingerprint density at radius 2 is 1.79 bits per heavy atom. The maximum atomic E-state index is 12.1. The standard InChI is InChI=1S/C22H26N4OS/c1-16(2)13-21(27)23-14-20-24-25-22(28-15-18-7-5-4-6-8-18)26(20)19-11-9-17(3)10-12-19/h4-12,16H,13-15H2,1-3H3,(H,23,27). The van der Waals surface area contributed by atoms with Crippen LogP contribution in [0.5, 0.6) is 0 Å². The predicted octanol–water partition coefficient (Wildman–Crippen LogP) is 4.53. The third-order valence-corrected chi connectivity index (χ3v) is 5.24. The lowest BCUT2D eigenvalue weighted by Crippen LogP contribution is -2.25. The fraction of sp³-hybridized carbons (Fsp3) is 0.318. The minimum atomic E-state index is 0.0342. The van der Waals surface area contributed by atoms with Crippen LogP contribution in [-0.4, -0.2) is 20.7 Å². The molecule has 28 heavy (non-hydrogen) atoms. The zero-order valence-electron chi connectivity index (χ0n) is 16.6. The summed E-state index contributed by atoms with van der Waals surface area (Å²) in [6.07, 6.45) is 0.508. The van der Waals surface area contributed by atoms with Gasteiger partial charge in [0.05, 0.1) is 6.54 Å². The molecule has 0 bridgehead atoms. The summed E-state index contributed by atoms with van der Waals surface area (Å²) in [6.45, 7) is 6.49. The lowest BCUT2D eigenvalue weighted by atomic mass is 10.1. The fourth-order valence-corrected chi connectivity index (χ4v) is 3.73. The molecule has 146 valence electrons. The molecule has 0 aliphatic heterocycles. The quantitative estimate of drug-likeness (QED) is 0.570. The number of aromatic nitrogens is 3. The summed E-state index contributed by atoms with van der Waals surface area (Å²) in [6, 6.07) is 18.6. The lowest BCUT2D eigenvalue weighted by Gasteiger charge is -2.12. The highest BCUT2D eigenvalue weighted by Gasteiger charge is 2.16. The number of thioether (sulfide) groups is 1. The molecule has 0 aliphatic rings. The van der Waals surface area contributed by atoms with Crippen LogP contribution in [0.25, 0.3) is 5.69 Å². The van der Waals surface area contributed by atoms with Gasteiger partial charge in [0.1, 0.15) is 0 Å². The minimum Gasteiger partial charge on any atom is -0.349 e. The molecule has 1 heterocycles. The molecule has 0 fully saturated rings. The number of carbonyl (C=O) groups excluding carboxylic acids is 1. The van der Waals surface area contributed by atoms with Gasteiger partial charge < -0.3 is 5.32 Å². The van der Waals surface area contributed by atoms with Crippen LogP contribution in [0.2, 0.25) is 0 Å². The monoisotopic (exact) mass is 394 g/mol. The second-order valence-corrected chi connectivity index (χ2v) is 8.16. The summed E-state index contributed by atoms with van der Waals surface area (Å²) in [5, 5.41) is 12.5. The van der Waals surface area contributed by atoms with Gasteiger partial charge in [0.15, 0.2) is 11.0 Å². The van der Waals surface area contributed by atoms with E-state index in [1.807, 2.05) is 36.6 Å². The second kappa shape index (κ2) is 9.55. The Morgan fingerprint density at radius 3 is 2.46 bits per heavy atom. The van der Waals surface area contributed by atoms with E-state index in [-0.39, 0.29) is 5.91 Å². The van der Waals surface area contributed by atoms with Crippen LogP contribution in [-0.2, 0) is 17.1 Å². The van der Waals surface area contributed by atoms with Crippen LogP contribution < -0.4 is 5.32 Å². The normalized spacial score (nSPS) is 11.0. The van der Waals surface area contributed by atoms with Gasteiger partial charge in [-0.25, -0.2) is 0 Å². The summed E-state index contributed by atoms with van der Waals surface area (Å²) in [5.41, 5.74) is 3.43. The molecule has 0 atom stereocenters. The van der Waals surface area contributed by atoms with E-state index in [2.05, 4.69) is 58.8 Å². The van der Waals surface area contributed by atoms with Crippen molar-refractivity contribution in [2.45, 2.75) is 44.6 Å². The van der Waals surface area contributed by atoms with Crippen molar-refractivity contribution < 1.29 is 4.79 Å². The molecule has 0 aliphatic carbocycles. The molecule has 1 aromatic heterocycles. The van der Waals surface area contributed by atoms with E-state index < -0.39 is 0 Å². The molecule has 5 nitrogen and oxygen atoms in total. The first-order valence-electron chi connectivity index (χ1n) is 9.47. The molecule has 6 heteroatoms. The van der Waals surface area contributed by atoms with E-state index in [0.29, 0.717) is 18.9 Å². The Balaban J connectivity index is 1.82. The van der Waals surface area contributed by atoms with Crippen molar-refractivity contribution in [2.75, 3.05) is 0 Å². The number of benzene rings is 2. The van der Waals surface area contributed by atoms with Crippen LogP contribution in [0.4, 0.5) is 0 Å². The van der Waals surface area contributed by atoms with Crippen molar-refractivity contribution in [1.29, 1.82) is 0 Å². The van der Waals surface area contributed by atoms with Crippen LogP contribution in [0.1, 0.15) is 37.2 Å². The highest BCUT2D eigenvalue weighted by molar-refractivity contribution is 7.98. The number of hydrogen-bond acceptors (Lipinski definition) is 4. The highest BCUT2D eigenvalue weighted by atomic mass is 32.2. The Bertz CT molecular complexity index is 904.